The Morgan fingerprint density at radius 2 is 2.31 bits per heavy atom. The van der Waals surface area contributed by atoms with Gasteiger partial charge in [-0.2, -0.15) is 5.10 Å². The van der Waals surface area contributed by atoms with Crippen molar-refractivity contribution in [3.05, 3.63) is 30.4 Å². The molecule has 0 aliphatic heterocycles. The molecule has 84 valence electrons. The van der Waals surface area contributed by atoms with Crippen molar-refractivity contribution in [3.8, 4) is 0 Å². The minimum absolute atomic E-state index is 0.127. The minimum Gasteiger partial charge on any atom is -0.351 e. The molecule has 1 amide bonds. The van der Waals surface area contributed by atoms with Gasteiger partial charge in [0.1, 0.15) is 0 Å². The summed E-state index contributed by atoms with van der Waals surface area (Å²) in [5.41, 5.74) is 1.26. The van der Waals surface area contributed by atoms with Crippen LogP contribution in [0.25, 0.3) is 5.52 Å². The number of rotatable bonds is 4. The summed E-state index contributed by atoms with van der Waals surface area (Å²) in [7, 11) is 1.84. The standard InChI is InChI=1S/C10H13N5O/c1-11-2-3-13-10(16)8-6-14-15-5-4-12-7-9(8)15/h4-7,11H,2-3H2,1H3,(H,13,16). The number of nitrogens with zero attached hydrogens (tertiary/aromatic N) is 3. The van der Waals surface area contributed by atoms with Gasteiger partial charge in [0.25, 0.3) is 5.91 Å². The number of likely N-dealkylation sites (N-methyl/N-ethyl adjacent to an activating group) is 1. The van der Waals surface area contributed by atoms with Crippen molar-refractivity contribution in [2.45, 2.75) is 0 Å². The van der Waals surface area contributed by atoms with Gasteiger partial charge in [-0.15, -0.1) is 0 Å². The van der Waals surface area contributed by atoms with Crippen LogP contribution in [-0.4, -0.2) is 40.6 Å². The van der Waals surface area contributed by atoms with Gasteiger partial charge in [-0.05, 0) is 7.05 Å². The van der Waals surface area contributed by atoms with Crippen LogP contribution in [0.5, 0.6) is 0 Å². The third-order valence-corrected chi connectivity index (χ3v) is 2.23. The van der Waals surface area contributed by atoms with Crippen molar-refractivity contribution in [2.24, 2.45) is 0 Å². The van der Waals surface area contributed by atoms with E-state index in [0.717, 1.165) is 6.54 Å². The quantitative estimate of drug-likeness (QED) is 0.691. The van der Waals surface area contributed by atoms with Gasteiger partial charge in [0.2, 0.25) is 0 Å². The third kappa shape index (κ3) is 2.01. The molecule has 0 atom stereocenters. The molecular weight excluding hydrogens is 206 g/mol. The predicted molar refractivity (Wildman–Crippen MR) is 59.2 cm³/mol. The molecule has 0 fully saturated rings. The van der Waals surface area contributed by atoms with Crippen LogP contribution in [0.15, 0.2) is 24.8 Å². The molecule has 0 saturated carbocycles. The molecular formula is C10H13N5O. The van der Waals surface area contributed by atoms with Crippen molar-refractivity contribution in [1.82, 2.24) is 25.2 Å². The van der Waals surface area contributed by atoms with Gasteiger partial charge in [-0.1, -0.05) is 0 Å². The Labute approximate surface area is 92.7 Å². The number of carbonyl (C=O) groups excluding carboxylic acids is 1. The number of hydrogen-bond donors (Lipinski definition) is 2. The van der Waals surface area contributed by atoms with E-state index in [4.69, 9.17) is 0 Å². The molecule has 2 N–H and O–H groups in total. The molecule has 6 heteroatoms. The maximum atomic E-state index is 11.8. The molecule has 2 aromatic rings. The summed E-state index contributed by atoms with van der Waals surface area (Å²) < 4.78 is 1.62. The van der Waals surface area contributed by atoms with Crippen LogP contribution < -0.4 is 10.6 Å². The maximum absolute atomic E-state index is 11.8. The highest BCUT2D eigenvalue weighted by Gasteiger charge is 2.11. The first-order valence-electron chi connectivity index (χ1n) is 5.03. The highest BCUT2D eigenvalue weighted by molar-refractivity contribution is 6.00. The fourth-order valence-corrected chi connectivity index (χ4v) is 1.41. The summed E-state index contributed by atoms with van der Waals surface area (Å²) in [6.07, 6.45) is 6.51. The van der Waals surface area contributed by atoms with Crippen LogP contribution in [0.1, 0.15) is 10.4 Å². The van der Waals surface area contributed by atoms with E-state index in [9.17, 15) is 4.79 Å². The van der Waals surface area contributed by atoms with Crippen LogP contribution in [0.2, 0.25) is 0 Å². The van der Waals surface area contributed by atoms with Gasteiger partial charge in [-0.3, -0.25) is 9.78 Å². The SMILES string of the molecule is CNCCNC(=O)c1cnn2ccncc12. The van der Waals surface area contributed by atoms with Crippen LogP contribution in [0, 0.1) is 0 Å². The second-order valence-corrected chi connectivity index (χ2v) is 3.32. The van der Waals surface area contributed by atoms with Gasteiger partial charge in [0, 0.05) is 25.5 Å². The Hall–Kier alpha value is -1.95. The Morgan fingerprint density at radius 3 is 3.12 bits per heavy atom. The number of fused-ring (bicyclic) bond motifs is 1. The van der Waals surface area contributed by atoms with Crippen LogP contribution in [0.3, 0.4) is 0 Å². The fraction of sp³-hybridized carbons (Fsp3) is 0.300. The molecule has 0 unspecified atom stereocenters. The average Bonchev–Trinajstić information content (AvgIpc) is 2.73. The van der Waals surface area contributed by atoms with E-state index >= 15 is 0 Å². The van der Waals surface area contributed by atoms with Gasteiger partial charge in [0.15, 0.2) is 0 Å². The zero-order valence-electron chi connectivity index (χ0n) is 8.97. The Morgan fingerprint density at radius 1 is 1.44 bits per heavy atom. The van der Waals surface area contributed by atoms with Crippen molar-refractivity contribution in [3.63, 3.8) is 0 Å². The molecule has 0 aromatic carbocycles. The largest absolute Gasteiger partial charge is 0.351 e. The van der Waals surface area contributed by atoms with E-state index in [0.29, 0.717) is 17.6 Å². The van der Waals surface area contributed by atoms with Crippen LogP contribution in [0.4, 0.5) is 0 Å². The van der Waals surface area contributed by atoms with Gasteiger partial charge < -0.3 is 10.6 Å². The summed E-state index contributed by atoms with van der Waals surface area (Å²) in [5, 5.41) is 9.82. The highest BCUT2D eigenvalue weighted by atomic mass is 16.1. The van der Waals surface area contributed by atoms with Crippen molar-refractivity contribution in [2.75, 3.05) is 20.1 Å². The van der Waals surface area contributed by atoms with Gasteiger partial charge in [-0.25, -0.2) is 4.52 Å². The Kier molecular flexibility index (Phi) is 3.11. The summed E-state index contributed by atoms with van der Waals surface area (Å²) in [4.78, 5) is 15.7. The van der Waals surface area contributed by atoms with E-state index < -0.39 is 0 Å². The normalized spacial score (nSPS) is 10.6. The van der Waals surface area contributed by atoms with Gasteiger partial charge in [0.05, 0.1) is 23.5 Å². The first-order chi connectivity index (χ1) is 7.83. The smallest absolute Gasteiger partial charge is 0.255 e. The Bertz CT molecular complexity index is 493. The lowest BCUT2D eigenvalue weighted by atomic mass is 10.3. The number of carbonyl (C=O) groups is 1. The van der Waals surface area contributed by atoms with Crippen LogP contribution >= 0.6 is 0 Å². The summed E-state index contributed by atoms with van der Waals surface area (Å²) >= 11 is 0. The second kappa shape index (κ2) is 4.71. The topological polar surface area (TPSA) is 71.3 Å². The molecule has 16 heavy (non-hydrogen) atoms. The number of nitrogens with one attached hydrogen (secondary N) is 2. The second-order valence-electron chi connectivity index (χ2n) is 3.32. The maximum Gasteiger partial charge on any atom is 0.255 e. The van der Waals surface area contributed by atoms with E-state index in [1.807, 2.05) is 7.05 Å². The average molecular weight is 219 g/mol. The zero-order chi connectivity index (χ0) is 11.4. The molecule has 0 aliphatic rings. The first kappa shape index (κ1) is 10.6. The lowest BCUT2D eigenvalue weighted by Gasteiger charge is -2.02. The first-order valence-corrected chi connectivity index (χ1v) is 5.03. The summed E-state index contributed by atoms with van der Waals surface area (Å²) in [6.45, 7) is 1.33. The number of hydrogen-bond acceptors (Lipinski definition) is 4. The van der Waals surface area contributed by atoms with E-state index in [-0.39, 0.29) is 5.91 Å². The number of amides is 1. The highest BCUT2D eigenvalue weighted by Crippen LogP contribution is 2.07. The lowest BCUT2D eigenvalue weighted by molar-refractivity contribution is 0.0955. The van der Waals surface area contributed by atoms with Crippen LogP contribution in [-0.2, 0) is 0 Å². The molecule has 2 rings (SSSR count). The summed E-state index contributed by atoms with van der Waals surface area (Å²) in [5.74, 6) is -0.127. The van der Waals surface area contributed by atoms with E-state index in [2.05, 4.69) is 20.7 Å². The third-order valence-electron chi connectivity index (χ3n) is 2.23. The molecule has 2 aromatic heterocycles. The number of aromatic nitrogens is 3. The molecule has 0 bridgehead atoms. The van der Waals surface area contributed by atoms with Gasteiger partial charge >= 0.3 is 0 Å². The molecule has 0 aliphatic carbocycles. The van der Waals surface area contributed by atoms with Crippen molar-refractivity contribution < 1.29 is 4.79 Å². The zero-order valence-corrected chi connectivity index (χ0v) is 8.97. The van der Waals surface area contributed by atoms with E-state index in [1.165, 1.54) is 0 Å². The van der Waals surface area contributed by atoms with Crippen molar-refractivity contribution in [1.29, 1.82) is 0 Å². The molecule has 0 spiro atoms. The predicted octanol–water partition coefficient (Wildman–Crippen LogP) is -0.321. The molecule has 2 heterocycles. The molecule has 0 saturated heterocycles. The monoisotopic (exact) mass is 219 g/mol. The summed E-state index contributed by atoms with van der Waals surface area (Å²) in [6, 6.07) is 0. The molecule has 6 nitrogen and oxygen atoms in total. The Balaban J connectivity index is 2.17. The van der Waals surface area contributed by atoms with E-state index in [1.54, 1.807) is 29.3 Å². The van der Waals surface area contributed by atoms with Crippen molar-refractivity contribution >= 4 is 11.4 Å². The lowest BCUT2D eigenvalue weighted by Crippen LogP contribution is -2.30. The minimum atomic E-state index is -0.127. The molecule has 0 radical (unpaired) electrons. The fourth-order valence-electron chi connectivity index (χ4n) is 1.41.